The summed E-state index contributed by atoms with van der Waals surface area (Å²) in [5.74, 6) is 0. The van der Waals surface area contributed by atoms with Crippen LogP contribution < -0.4 is 5.73 Å². The van der Waals surface area contributed by atoms with E-state index in [2.05, 4.69) is 0 Å². The minimum absolute atomic E-state index is 0.0146. The second-order valence-corrected chi connectivity index (χ2v) is 6.39. The molecule has 0 aromatic heterocycles. The highest BCUT2D eigenvalue weighted by Crippen LogP contribution is 2.31. The van der Waals surface area contributed by atoms with Gasteiger partial charge < -0.3 is 5.73 Å². The van der Waals surface area contributed by atoms with Crippen LogP contribution in [0.2, 0.25) is 10.0 Å². The molecule has 7 heteroatoms. The van der Waals surface area contributed by atoms with Crippen molar-refractivity contribution in [3.05, 3.63) is 27.7 Å². The van der Waals surface area contributed by atoms with Crippen LogP contribution in [0.15, 0.2) is 17.0 Å². The molecule has 1 aromatic carbocycles. The molecule has 0 aliphatic carbocycles. The number of rotatable bonds is 5. The van der Waals surface area contributed by atoms with Crippen molar-refractivity contribution in [2.24, 2.45) is 5.73 Å². The van der Waals surface area contributed by atoms with Gasteiger partial charge >= 0.3 is 0 Å². The molecule has 0 amide bonds. The number of hydrogen-bond donors (Lipinski definition) is 1. The Hall–Kier alpha value is -0.330. The molecule has 0 unspecified atom stereocenters. The average Bonchev–Trinajstić information content (AvgIpc) is 2.32. The Morgan fingerprint density at radius 1 is 1.22 bits per heavy atom. The van der Waals surface area contributed by atoms with Crippen molar-refractivity contribution in [3.63, 3.8) is 0 Å². The normalized spacial score (nSPS) is 12.1. The summed E-state index contributed by atoms with van der Waals surface area (Å²) < 4.78 is 26.1. The lowest BCUT2D eigenvalue weighted by atomic mass is 10.2. The Labute approximate surface area is 118 Å². The second kappa shape index (κ2) is 6.21. The molecule has 4 nitrogen and oxygen atoms in total. The van der Waals surface area contributed by atoms with Gasteiger partial charge in [0.2, 0.25) is 10.0 Å². The number of benzene rings is 1. The summed E-state index contributed by atoms with van der Waals surface area (Å²) >= 11 is 12.0. The first-order valence-electron chi connectivity index (χ1n) is 5.56. The molecule has 18 heavy (non-hydrogen) atoms. The summed E-state index contributed by atoms with van der Waals surface area (Å²) in [6.07, 6.45) is 0. The van der Waals surface area contributed by atoms with Gasteiger partial charge in [-0.1, -0.05) is 37.0 Å². The van der Waals surface area contributed by atoms with Crippen LogP contribution in [0, 0.1) is 0 Å². The summed E-state index contributed by atoms with van der Waals surface area (Å²) in [7, 11) is -3.63. The molecule has 0 spiro atoms. The van der Waals surface area contributed by atoms with Crippen molar-refractivity contribution in [2.75, 3.05) is 13.1 Å². The number of nitrogens with zero attached hydrogens (tertiary/aromatic N) is 1. The second-order valence-electron chi connectivity index (χ2n) is 3.67. The molecule has 0 radical (unpaired) electrons. The van der Waals surface area contributed by atoms with Crippen molar-refractivity contribution < 1.29 is 8.42 Å². The van der Waals surface area contributed by atoms with E-state index in [9.17, 15) is 8.42 Å². The van der Waals surface area contributed by atoms with E-state index < -0.39 is 10.0 Å². The number of halogens is 2. The van der Waals surface area contributed by atoms with Gasteiger partial charge in [-0.2, -0.15) is 4.31 Å². The van der Waals surface area contributed by atoms with Crippen LogP contribution in [0.25, 0.3) is 0 Å². The van der Waals surface area contributed by atoms with Crippen LogP contribution in [-0.4, -0.2) is 25.8 Å². The van der Waals surface area contributed by atoms with Gasteiger partial charge in [0.25, 0.3) is 0 Å². The summed E-state index contributed by atoms with van der Waals surface area (Å²) in [6.45, 7) is 4.42. The smallest absolute Gasteiger partial charge is 0.244 e. The van der Waals surface area contributed by atoms with Gasteiger partial charge in [0.1, 0.15) is 4.90 Å². The van der Waals surface area contributed by atoms with Gasteiger partial charge in [-0.05, 0) is 17.7 Å². The largest absolute Gasteiger partial charge is 0.326 e. The SMILES string of the molecule is CCN(CC)S(=O)(=O)c1cc(Cl)cc(CN)c1Cl. The highest BCUT2D eigenvalue weighted by molar-refractivity contribution is 7.89. The average molecular weight is 311 g/mol. The third kappa shape index (κ3) is 2.97. The van der Waals surface area contributed by atoms with Gasteiger partial charge in [-0.15, -0.1) is 0 Å². The Morgan fingerprint density at radius 3 is 2.22 bits per heavy atom. The van der Waals surface area contributed by atoms with E-state index in [1.807, 2.05) is 0 Å². The molecule has 2 N–H and O–H groups in total. The molecular formula is C11H16Cl2N2O2S. The lowest BCUT2D eigenvalue weighted by Gasteiger charge is -2.20. The summed E-state index contributed by atoms with van der Waals surface area (Å²) in [4.78, 5) is 0.0146. The Bertz CT molecular complexity index is 528. The molecule has 0 saturated carbocycles. The van der Waals surface area contributed by atoms with E-state index in [4.69, 9.17) is 28.9 Å². The minimum Gasteiger partial charge on any atom is -0.326 e. The van der Waals surface area contributed by atoms with Crippen molar-refractivity contribution in [2.45, 2.75) is 25.3 Å². The fourth-order valence-corrected chi connectivity index (χ4v) is 4.03. The third-order valence-corrected chi connectivity index (χ3v) is 5.47. The van der Waals surface area contributed by atoms with Gasteiger partial charge in [-0.25, -0.2) is 8.42 Å². The van der Waals surface area contributed by atoms with Crippen LogP contribution >= 0.6 is 23.2 Å². The van der Waals surface area contributed by atoms with E-state index >= 15 is 0 Å². The molecule has 0 fully saturated rings. The molecule has 0 aliphatic heterocycles. The Balaban J connectivity index is 3.45. The van der Waals surface area contributed by atoms with Crippen molar-refractivity contribution >= 4 is 33.2 Å². The van der Waals surface area contributed by atoms with Crippen molar-refractivity contribution in [3.8, 4) is 0 Å². The standard InChI is InChI=1S/C11H16Cl2N2O2S/c1-3-15(4-2)18(16,17)10-6-9(12)5-8(7-14)11(10)13/h5-6H,3-4,7,14H2,1-2H3. The topological polar surface area (TPSA) is 63.4 Å². The zero-order chi connectivity index (χ0) is 13.9. The first kappa shape index (κ1) is 15.7. The molecule has 0 heterocycles. The van der Waals surface area contributed by atoms with E-state index in [1.54, 1.807) is 19.9 Å². The minimum atomic E-state index is -3.63. The van der Waals surface area contributed by atoms with Gasteiger partial charge in [0, 0.05) is 24.7 Å². The predicted molar refractivity (Wildman–Crippen MR) is 74.5 cm³/mol. The molecular weight excluding hydrogens is 295 g/mol. The predicted octanol–water partition coefficient (Wildman–Crippen LogP) is 2.48. The summed E-state index contributed by atoms with van der Waals surface area (Å²) in [5.41, 5.74) is 6.04. The highest BCUT2D eigenvalue weighted by atomic mass is 35.5. The third-order valence-electron chi connectivity index (χ3n) is 2.62. The van der Waals surface area contributed by atoms with Gasteiger partial charge in [-0.3, -0.25) is 0 Å². The zero-order valence-electron chi connectivity index (χ0n) is 10.3. The maximum atomic E-state index is 12.4. The fourth-order valence-electron chi connectivity index (χ4n) is 1.66. The Morgan fingerprint density at radius 2 is 1.78 bits per heavy atom. The van der Waals surface area contributed by atoms with E-state index in [-0.39, 0.29) is 16.5 Å². The van der Waals surface area contributed by atoms with Crippen LogP contribution in [0.4, 0.5) is 0 Å². The summed E-state index contributed by atoms with van der Waals surface area (Å²) in [5, 5.41) is 0.458. The van der Waals surface area contributed by atoms with Crippen LogP contribution in [0.5, 0.6) is 0 Å². The molecule has 0 aliphatic rings. The lowest BCUT2D eigenvalue weighted by Crippen LogP contribution is -2.31. The van der Waals surface area contributed by atoms with Crippen LogP contribution in [-0.2, 0) is 16.6 Å². The van der Waals surface area contributed by atoms with Crippen molar-refractivity contribution in [1.82, 2.24) is 4.31 Å². The van der Waals surface area contributed by atoms with Gasteiger partial charge in [0.15, 0.2) is 0 Å². The molecule has 1 aromatic rings. The van der Waals surface area contributed by atoms with Crippen LogP contribution in [0.3, 0.4) is 0 Å². The maximum absolute atomic E-state index is 12.4. The maximum Gasteiger partial charge on any atom is 0.244 e. The number of sulfonamides is 1. The lowest BCUT2D eigenvalue weighted by molar-refractivity contribution is 0.445. The van der Waals surface area contributed by atoms with Crippen LogP contribution in [0.1, 0.15) is 19.4 Å². The fraction of sp³-hybridized carbons (Fsp3) is 0.455. The van der Waals surface area contributed by atoms with Gasteiger partial charge in [0.05, 0.1) is 5.02 Å². The number of nitrogens with two attached hydrogens (primary N) is 1. The summed E-state index contributed by atoms with van der Waals surface area (Å²) in [6, 6.07) is 2.93. The molecule has 0 atom stereocenters. The Kier molecular flexibility index (Phi) is 5.43. The molecule has 0 bridgehead atoms. The van der Waals surface area contributed by atoms with Crippen molar-refractivity contribution in [1.29, 1.82) is 0 Å². The number of hydrogen-bond acceptors (Lipinski definition) is 3. The first-order chi connectivity index (χ1) is 8.38. The highest BCUT2D eigenvalue weighted by Gasteiger charge is 2.26. The quantitative estimate of drug-likeness (QED) is 0.908. The molecule has 0 saturated heterocycles. The van der Waals surface area contributed by atoms with E-state index in [0.717, 1.165) is 0 Å². The zero-order valence-corrected chi connectivity index (χ0v) is 12.6. The molecule has 102 valence electrons. The monoisotopic (exact) mass is 310 g/mol. The van der Waals surface area contributed by atoms with E-state index in [1.165, 1.54) is 10.4 Å². The molecule has 1 rings (SSSR count). The first-order valence-corrected chi connectivity index (χ1v) is 7.76. The van der Waals surface area contributed by atoms with E-state index in [0.29, 0.717) is 23.7 Å².